The third-order valence-electron chi connectivity index (χ3n) is 2.08. The number of rotatable bonds is 7. The summed E-state index contributed by atoms with van der Waals surface area (Å²) >= 11 is 0. The summed E-state index contributed by atoms with van der Waals surface area (Å²) in [4.78, 5) is 0. The summed E-state index contributed by atoms with van der Waals surface area (Å²) in [5.41, 5.74) is 0. The van der Waals surface area contributed by atoms with Gasteiger partial charge in [0.2, 0.25) is 0 Å². The quantitative estimate of drug-likeness (QED) is 0.582. The second-order valence-corrected chi connectivity index (χ2v) is 17.9. The highest BCUT2D eigenvalue weighted by molar-refractivity contribution is 7.20. The Kier molecular flexibility index (Phi) is 7.50. The minimum atomic E-state index is -1.45. The molecule has 0 heterocycles. The SMILES string of the molecule is C[SiH](C)O[SiH2][Si](C)(CCCO)O[SiH3]. The van der Waals surface area contributed by atoms with Crippen molar-refractivity contribution in [1.29, 1.82) is 0 Å². The first-order chi connectivity index (χ1) is 6.04. The number of hydrogen-bond donors (Lipinski definition) is 1. The monoisotopic (exact) mass is 254 g/mol. The highest BCUT2D eigenvalue weighted by Crippen LogP contribution is 2.11. The third-order valence-corrected chi connectivity index (χ3v) is 18.4. The highest BCUT2D eigenvalue weighted by Gasteiger charge is 2.27. The summed E-state index contributed by atoms with van der Waals surface area (Å²) in [5, 5.41) is 8.76. The van der Waals surface area contributed by atoms with Crippen molar-refractivity contribution in [3.63, 3.8) is 0 Å². The Morgan fingerprint density at radius 3 is 2.54 bits per heavy atom. The summed E-state index contributed by atoms with van der Waals surface area (Å²) in [6, 6.07) is 1.08. The molecule has 3 nitrogen and oxygen atoms in total. The lowest BCUT2D eigenvalue weighted by Gasteiger charge is -2.26. The summed E-state index contributed by atoms with van der Waals surface area (Å²) < 4.78 is 11.6. The highest BCUT2D eigenvalue weighted by atomic mass is 29.2. The second kappa shape index (κ2) is 7.09. The molecule has 0 saturated carbocycles. The van der Waals surface area contributed by atoms with E-state index in [2.05, 4.69) is 19.6 Å². The second-order valence-electron chi connectivity index (χ2n) is 3.84. The Hall–Kier alpha value is 0.748. The molecule has 0 fully saturated rings. The maximum Gasteiger partial charge on any atom is 0.186 e. The van der Waals surface area contributed by atoms with E-state index in [1.165, 1.54) is 0 Å². The molecule has 1 unspecified atom stereocenters. The van der Waals surface area contributed by atoms with E-state index >= 15 is 0 Å². The van der Waals surface area contributed by atoms with Crippen molar-refractivity contribution < 1.29 is 13.3 Å². The Balaban J connectivity index is 3.81. The van der Waals surface area contributed by atoms with Crippen LogP contribution in [-0.4, -0.2) is 48.4 Å². The van der Waals surface area contributed by atoms with E-state index in [9.17, 15) is 0 Å². The van der Waals surface area contributed by atoms with E-state index < -0.39 is 26.2 Å². The van der Waals surface area contributed by atoms with E-state index in [-0.39, 0.29) is 0 Å². The van der Waals surface area contributed by atoms with Crippen LogP contribution in [0.15, 0.2) is 0 Å². The fourth-order valence-electron chi connectivity index (χ4n) is 1.03. The van der Waals surface area contributed by atoms with Crippen LogP contribution in [0.1, 0.15) is 6.42 Å². The maximum atomic E-state index is 8.76. The third kappa shape index (κ3) is 6.77. The van der Waals surface area contributed by atoms with Crippen molar-refractivity contribution in [2.75, 3.05) is 6.61 Å². The fraction of sp³-hybridized carbons (Fsp3) is 1.00. The van der Waals surface area contributed by atoms with Crippen LogP contribution in [0.25, 0.3) is 0 Å². The first kappa shape index (κ1) is 13.7. The first-order valence-electron chi connectivity index (χ1n) is 4.81. The Morgan fingerprint density at radius 1 is 1.54 bits per heavy atom. The Morgan fingerprint density at radius 2 is 2.15 bits per heavy atom. The maximum absolute atomic E-state index is 8.76. The van der Waals surface area contributed by atoms with Gasteiger partial charge in [-0.3, -0.25) is 0 Å². The minimum Gasteiger partial charge on any atom is -0.464 e. The molecule has 0 aromatic heterocycles. The number of aliphatic hydroxyl groups is 1. The van der Waals surface area contributed by atoms with Crippen molar-refractivity contribution >= 4 is 36.6 Å². The van der Waals surface area contributed by atoms with Gasteiger partial charge in [0.25, 0.3) is 0 Å². The number of hydrogen-bond acceptors (Lipinski definition) is 3. The molecule has 80 valence electrons. The molecule has 0 rings (SSSR count). The summed E-state index contributed by atoms with van der Waals surface area (Å²) in [6.45, 7) is 6.97. The normalized spacial score (nSPS) is 17.3. The summed E-state index contributed by atoms with van der Waals surface area (Å²) in [6.07, 6.45) is 0.890. The average molecular weight is 255 g/mol. The van der Waals surface area contributed by atoms with Crippen LogP contribution < -0.4 is 0 Å². The summed E-state index contributed by atoms with van der Waals surface area (Å²) in [5.74, 6) is 0. The van der Waals surface area contributed by atoms with Gasteiger partial charge in [-0.05, 0) is 32.1 Å². The molecule has 0 radical (unpaired) electrons. The molecule has 0 aliphatic heterocycles. The van der Waals surface area contributed by atoms with E-state index in [4.69, 9.17) is 13.3 Å². The van der Waals surface area contributed by atoms with Crippen LogP contribution in [0.3, 0.4) is 0 Å². The van der Waals surface area contributed by atoms with E-state index in [1.54, 1.807) is 0 Å². The van der Waals surface area contributed by atoms with Gasteiger partial charge in [0, 0.05) is 6.61 Å². The lowest BCUT2D eigenvalue weighted by Crippen LogP contribution is -2.44. The lowest BCUT2D eigenvalue weighted by atomic mass is 10.5. The van der Waals surface area contributed by atoms with Crippen molar-refractivity contribution in [2.45, 2.75) is 32.1 Å². The van der Waals surface area contributed by atoms with Gasteiger partial charge in [0.1, 0.15) is 10.5 Å². The zero-order valence-corrected chi connectivity index (χ0v) is 14.7. The van der Waals surface area contributed by atoms with Crippen molar-refractivity contribution in [1.82, 2.24) is 0 Å². The van der Waals surface area contributed by atoms with E-state index in [0.717, 1.165) is 23.0 Å². The van der Waals surface area contributed by atoms with Crippen LogP contribution >= 0.6 is 0 Å². The van der Waals surface area contributed by atoms with Crippen molar-refractivity contribution in [2.24, 2.45) is 0 Å². The average Bonchev–Trinajstić information content (AvgIpc) is 2.11. The molecular formula is C6H22O3Si4. The molecule has 0 aliphatic carbocycles. The molecule has 13 heavy (non-hydrogen) atoms. The van der Waals surface area contributed by atoms with Gasteiger partial charge in [0.05, 0.1) is 0 Å². The van der Waals surface area contributed by atoms with Crippen LogP contribution in [0.4, 0.5) is 0 Å². The molecule has 1 N–H and O–H groups in total. The summed E-state index contributed by atoms with van der Waals surface area (Å²) in [7, 11) is -1.92. The molecule has 0 bridgehead atoms. The minimum absolute atomic E-state index is 0.293. The van der Waals surface area contributed by atoms with Gasteiger partial charge in [-0.1, -0.05) is 0 Å². The molecule has 0 aliphatic rings. The van der Waals surface area contributed by atoms with Gasteiger partial charge >= 0.3 is 0 Å². The standard InChI is InChI=1S/C6H22O3Si4/c1-12(2)9-11-13(3,8-10)6-4-5-7/h7,12H,4-6,11H2,1-3,10H3. The Labute approximate surface area is 89.0 Å². The largest absolute Gasteiger partial charge is 0.464 e. The molecule has 0 amide bonds. The topological polar surface area (TPSA) is 38.7 Å². The van der Waals surface area contributed by atoms with Gasteiger partial charge < -0.3 is 13.3 Å². The fourth-order valence-corrected chi connectivity index (χ4v) is 14.5. The van der Waals surface area contributed by atoms with Gasteiger partial charge in [-0.15, -0.1) is 0 Å². The number of aliphatic hydroxyl groups excluding tert-OH is 1. The molecule has 1 atom stereocenters. The van der Waals surface area contributed by atoms with Crippen LogP contribution in [0, 0.1) is 0 Å². The lowest BCUT2D eigenvalue weighted by molar-refractivity contribution is 0.293. The smallest absolute Gasteiger partial charge is 0.186 e. The molecule has 0 aromatic carbocycles. The van der Waals surface area contributed by atoms with Crippen LogP contribution in [0.5, 0.6) is 0 Å². The predicted octanol–water partition coefficient (Wildman–Crippen LogP) is -1.18. The molecule has 7 heteroatoms. The van der Waals surface area contributed by atoms with E-state index in [0.29, 0.717) is 6.61 Å². The molecular weight excluding hydrogens is 232 g/mol. The van der Waals surface area contributed by atoms with E-state index in [1.807, 2.05) is 0 Å². The predicted molar refractivity (Wildman–Crippen MR) is 67.7 cm³/mol. The molecule has 0 saturated heterocycles. The van der Waals surface area contributed by atoms with Crippen molar-refractivity contribution in [3.8, 4) is 0 Å². The van der Waals surface area contributed by atoms with Gasteiger partial charge in [-0.2, -0.15) is 0 Å². The zero-order valence-electron chi connectivity index (χ0n) is 9.17. The molecule has 0 aromatic rings. The Bertz CT molecular complexity index is 135. The van der Waals surface area contributed by atoms with Gasteiger partial charge in [0.15, 0.2) is 26.2 Å². The zero-order chi connectivity index (χ0) is 10.3. The molecule has 0 spiro atoms. The van der Waals surface area contributed by atoms with Crippen LogP contribution in [-0.2, 0) is 8.23 Å². The van der Waals surface area contributed by atoms with Crippen LogP contribution in [0.2, 0.25) is 25.7 Å². The first-order valence-corrected chi connectivity index (χ1v) is 13.9. The van der Waals surface area contributed by atoms with Gasteiger partial charge in [-0.25, -0.2) is 0 Å². The van der Waals surface area contributed by atoms with Crippen molar-refractivity contribution in [3.05, 3.63) is 0 Å².